The third-order valence-corrected chi connectivity index (χ3v) is 7.27. The van der Waals surface area contributed by atoms with E-state index < -0.39 is 46.9 Å². The van der Waals surface area contributed by atoms with Gasteiger partial charge in [-0.15, -0.1) is 0 Å². The molecular weight excluding hydrogens is 462 g/mol. The minimum absolute atomic E-state index is 0.188. The smallest absolute Gasteiger partial charge is 0.241 e. The fourth-order valence-corrected chi connectivity index (χ4v) is 5.68. The fraction of sp³-hybridized carbons (Fsp3) is 0.214. The van der Waals surface area contributed by atoms with E-state index in [1.54, 1.807) is 72.8 Å². The van der Waals surface area contributed by atoms with Crippen molar-refractivity contribution in [2.75, 3.05) is 19.1 Å². The van der Waals surface area contributed by atoms with Crippen LogP contribution in [0.2, 0.25) is 0 Å². The molecule has 0 saturated carbocycles. The average Bonchev–Trinajstić information content (AvgIpc) is 3.48. The standard InChI is InChI=1S/C28H21NO7/c1-34-19-13-12-15(14-20(19)35-2)23-21-22(27(33)29(26(21)32)16-8-4-3-5-9-16)28(36-23)24(30)17-10-6-7-11-18(17)25(28)31/h3-14,21-23H,1-2H3/t21-,22-,23+/m0/s1. The van der Waals surface area contributed by atoms with Crippen LogP contribution in [0.5, 0.6) is 11.5 Å². The second kappa shape index (κ2) is 7.86. The zero-order valence-corrected chi connectivity index (χ0v) is 19.5. The SMILES string of the molecule is COc1ccc([C@H]2OC3(C(=O)c4ccccc4C3=O)[C@@H]3C(=O)N(c4ccccc4)C(=O)[C@H]23)cc1OC. The summed E-state index contributed by atoms with van der Waals surface area (Å²) < 4.78 is 17.0. The van der Waals surface area contributed by atoms with Crippen LogP contribution < -0.4 is 14.4 Å². The van der Waals surface area contributed by atoms with Crippen molar-refractivity contribution in [1.82, 2.24) is 0 Å². The number of hydrogen-bond donors (Lipinski definition) is 0. The molecule has 1 aliphatic carbocycles. The molecule has 8 heteroatoms. The Morgan fingerprint density at radius 1 is 0.750 bits per heavy atom. The molecule has 3 aromatic carbocycles. The number of amides is 2. The minimum atomic E-state index is -2.12. The molecule has 2 fully saturated rings. The van der Waals surface area contributed by atoms with E-state index in [1.165, 1.54) is 14.2 Å². The number of para-hydroxylation sites is 1. The molecule has 0 aromatic heterocycles. The summed E-state index contributed by atoms with van der Waals surface area (Å²) in [5.74, 6) is -3.90. The van der Waals surface area contributed by atoms with Gasteiger partial charge in [-0.05, 0) is 29.8 Å². The van der Waals surface area contributed by atoms with Crippen molar-refractivity contribution < 1.29 is 33.4 Å². The molecule has 8 nitrogen and oxygen atoms in total. The first-order valence-electron chi connectivity index (χ1n) is 11.4. The first-order chi connectivity index (χ1) is 17.4. The molecule has 6 rings (SSSR count). The van der Waals surface area contributed by atoms with E-state index in [0.717, 1.165) is 4.90 Å². The van der Waals surface area contributed by atoms with Crippen LogP contribution in [0.15, 0.2) is 72.8 Å². The van der Waals surface area contributed by atoms with E-state index in [1.807, 2.05) is 0 Å². The molecule has 180 valence electrons. The van der Waals surface area contributed by atoms with Crippen LogP contribution in [0.25, 0.3) is 0 Å². The normalized spacial score (nSPS) is 23.8. The summed E-state index contributed by atoms with van der Waals surface area (Å²) in [4.78, 5) is 56.4. The minimum Gasteiger partial charge on any atom is -0.493 e. The lowest BCUT2D eigenvalue weighted by Crippen LogP contribution is -2.51. The Bertz CT molecular complexity index is 1410. The Morgan fingerprint density at radius 2 is 1.36 bits per heavy atom. The van der Waals surface area contributed by atoms with Gasteiger partial charge in [0.15, 0.2) is 11.5 Å². The van der Waals surface area contributed by atoms with Crippen LogP contribution in [0.3, 0.4) is 0 Å². The molecule has 2 aliphatic heterocycles. The summed E-state index contributed by atoms with van der Waals surface area (Å²) in [6.45, 7) is 0. The maximum atomic E-state index is 13.9. The average molecular weight is 483 g/mol. The highest BCUT2D eigenvalue weighted by Gasteiger charge is 2.74. The van der Waals surface area contributed by atoms with Gasteiger partial charge in [-0.1, -0.05) is 48.5 Å². The lowest BCUT2D eigenvalue weighted by atomic mass is 9.77. The quantitative estimate of drug-likeness (QED) is 0.414. The van der Waals surface area contributed by atoms with E-state index in [4.69, 9.17) is 14.2 Å². The highest BCUT2D eigenvalue weighted by molar-refractivity contribution is 6.37. The van der Waals surface area contributed by atoms with Crippen LogP contribution >= 0.6 is 0 Å². The number of carbonyl (C=O) groups is 4. The summed E-state index contributed by atoms with van der Waals surface area (Å²) >= 11 is 0. The number of methoxy groups -OCH3 is 2. The summed E-state index contributed by atoms with van der Waals surface area (Å²) in [5.41, 5.74) is -0.881. The van der Waals surface area contributed by atoms with Gasteiger partial charge >= 0.3 is 0 Å². The number of ether oxygens (including phenoxy) is 3. The highest BCUT2D eigenvalue weighted by atomic mass is 16.5. The predicted octanol–water partition coefficient (Wildman–Crippen LogP) is 3.40. The number of benzene rings is 3. The molecule has 3 aromatic rings. The zero-order chi connectivity index (χ0) is 25.2. The molecule has 2 saturated heterocycles. The lowest BCUT2D eigenvalue weighted by Gasteiger charge is -2.27. The highest BCUT2D eigenvalue weighted by Crippen LogP contribution is 2.58. The molecule has 1 spiro atoms. The van der Waals surface area contributed by atoms with Crippen molar-refractivity contribution in [3.8, 4) is 11.5 Å². The molecule has 0 N–H and O–H groups in total. The predicted molar refractivity (Wildman–Crippen MR) is 127 cm³/mol. The topological polar surface area (TPSA) is 99.2 Å². The number of Topliss-reactive ketones (excluding diaryl/α,β-unsaturated/α-hetero) is 2. The molecule has 0 bridgehead atoms. The Labute approximate surface area is 206 Å². The van der Waals surface area contributed by atoms with Crippen LogP contribution in [0, 0.1) is 11.8 Å². The number of anilines is 1. The Hall–Kier alpha value is -4.30. The molecule has 0 unspecified atom stereocenters. The third kappa shape index (κ3) is 2.73. The third-order valence-electron chi connectivity index (χ3n) is 7.27. The zero-order valence-electron chi connectivity index (χ0n) is 19.5. The van der Waals surface area contributed by atoms with E-state index in [9.17, 15) is 19.2 Å². The van der Waals surface area contributed by atoms with Crippen molar-refractivity contribution in [3.05, 3.63) is 89.5 Å². The van der Waals surface area contributed by atoms with E-state index in [2.05, 4.69) is 0 Å². The number of hydrogen-bond acceptors (Lipinski definition) is 7. The molecule has 3 aliphatic rings. The van der Waals surface area contributed by atoms with Crippen molar-refractivity contribution in [2.24, 2.45) is 11.8 Å². The second-order valence-electron chi connectivity index (χ2n) is 8.94. The fourth-order valence-electron chi connectivity index (χ4n) is 5.68. The summed E-state index contributed by atoms with van der Waals surface area (Å²) in [7, 11) is 2.97. The number of carbonyl (C=O) groups excluding carboxylic acids is 4. The van der Waals surface area contributed by atoms with E-state index in [-0.39, 0.29) is 11.1 Å². The first-order valence-corrected chi connectivity index (χ1v) is 11.4. The van der Waals surface area contributed by atoms with Gasteiger partial charge in [-0.25, -0.2) is 4.90 Å². The van der Waals surface area contributed by atoms with Gasteiger partial charge < -0.3 is 14.2 Å². The molecule has 36 heavy (non-hydrogen) atoms. The number of rotatable bonds is 4. The molecule has 3 atom stereocenters. The Kier molecular flexibility index (Phi) is 4.84. The van der Waals surface area contributed by atoms with Crippen LogP contribution in [0.4, 0.5) is 5.69 Å². The molecular formula is C28H21NO7. The van der Waals surface area contributed by atoms with Crippen molar-refractivity contribution >= 4 is 29.1 Å². The number of nitrogens with zero attached hydrogens (tertiary/aromatic N) is 1. The molecule has 0 radical (unpaired) electrons. The number of fused-ring (bicyclic) bond motifs is 3. The van der Waals surface area contributed by atoms with Crippen molar-refractivity contribution in [2.45, 2.75) is 11.7 Å². The Morgan fingerprint density at radius 3 is 1.97 bits per heavy atom. The van der Waals surface area contributed by atoms with E-state index in [0.29, 0.717) is 22.7 Å². The maximum Gasteiger partial charge on any atom is 0.241 e. The summed E-state index contributed by atoms with van der Waals surface area (Å²) in [5, 5.41) is 0. The van der Waals surface area contributed by atoms with Gasteiger partial charge in [0, 0.05) is 11.1 Å². The Balaban J connectivity index is 1.54. The van der Waals surface area contributed by atoms with Crippen molar-refractivity contribution in [3.63, 3.8) is 0 Å². The number of imide groups is 1. The molecule has 2 amide bonds. The first kappa shape index (κ1) is 22.2. The monoisotopic (exact) mass is 483 g/mol. The van der Waals surface area contributed by atoms with Crippen molar-refractivity contribution in [1.29, 1.82) is 0 Å². The molecule has 2 heterocycles. The van der Waals surface area contributed by atoms with Gasteiger partial charge in [0.1, 0.15) is 0 Å². The summed E-state index contributed by atoms with van der Waals surface area (Å²) in [6, 6.07) is 19.8. The van der Waals surface area contributed by atoms with Gasteiger partial charge in [-0.3, -0.25) is 19.2 Å². The van der Waals surface area contributed by atoms with Crippen LogP contribution in [-0.2, 0) is 14.3 Å². The van der Waals surface area contributed by atoms with Crippen LogP contribution in [-0.4, -0.2) is 43.2 Å². The number of ketones is 2. The van der Waals surface area contributed by atoms with Gasteiger partial charge in [0.25, 0.3) is 0 Å². The summed E-state index contributed by atoms with van der Waals surface area (Å²) in [6.07, 6.45) is -1.04. The van der Waals surface area contributed by atoms with Gasteiger partial charge in [0.05, 0.1) is 37.8 Å². The second-order valence-corrected chi connectivity index (χ2v) is 8.94. The van der Waals surface area contributed by atoms with Gasteiger partial charge in [-0.2, -0.15) is 0 Å². The van der Waals surface area contributed by atoms with Gasteiger partial charge in [0.2, 0.25) is 29.0 Å². The largest absolute Gasteiger partial charge is 0.493 e. The van der Waals surface area contributed by atoms with Crippen LogP contribution in [0.1, 0.15) is 32.4 Å². The maximum absolute atomic E-state index is 13.9. The lowest BCUT2D eigenvalue weighted by molar-refractivity contribution is -0.127. The van der Waals surface area contributed by atoms with E-state index >= 15 is 0 Å².